The third kappa shape index (κ3) is 3.95. The number of benzene rings is 2. The van der Waals surface area contributed by atoms with Crippen molar-refractivity contribution in [3.8, 4) is 17.2 Å². The standard InChI is InChI=1S/C21H16N4O5/c1-13-16(21-24-20-18(30-21)6-3-11-22-20)4-2-5-17(13)23-19(26)12-29-15-9-7-14(8-10-15)25(27)28/h2-11H,12H2,1H3,(H,23,26). The minimum atomic E-state index is -0.501. The highest BCUT2D eigenvalue weighted by Crippen LogP contribution is 2.30. The molecule has 0 bridgehead atoms. The van der Waals surface area contributed by atoms with Gasteiger partial charge in [-0.3, -0.25) is 14.9 Å². The Labute approximate surface area is 170 Å². The molecule has 0 atom stereocenters. The summed E-state index contributed by atoms with van der Waals surface area (Å²) < 4.78 is 11.2. The van der Waals surface area contributed by atoms with E-state index in [1.165, 1.54) is 24.3 Å². The van der Waals surface area contributed by atoms with Gasteiger partial charge in [-0.2, -0.15) is 4.98 Å². The first kappa shape index (κ1) is 19.1. The fraction of sp³-hybridized carbons (Fsp3) is 0.0952. The van der Waals surface area contributed by atoms with E-state index < -0.39 is 4.92 Å². The van der Waals surface area contributed by atoms with Crippen LogP contribution < -0.4 is 10.1 Å². The highest BCUT2D eigenvalue weighted by Gasteiger charge is 2.15. The van der Waals surface area contributed by atoms with Crippen LogP contribution in [0.4, 0.5) is 11.4 Å². The van der Waals surface area contributed by atoms with Crippen LogP contribution in [0.2, 0.25) is 0 Å². The average molecular weight is 404 g/mol. The number of amides is 1. The number of nitrogens with zero attached hydrogens (tertiary/aromatic N) is 3. The first-order valence-corrected chi connectivity index (χ1v) is 9.00. The van der Waals surface area contributed by atoms with Gasteiger partial charge in [-0.15, -0.1) is 0 Å². The van der Waals surface area contributed by atoms with E-state index in [9.17, 15) is 14.9 Å². The maximum absolute atomic E-state index is 12.3. The highest BCUT2D eigenvalue weighted by molar-refractivity contribution is 5.93. The Morgan fingerprint density at radius 1 is 1.17 bits per heavy atom. The van der Waals surface area contributed by atoms with E-state index in [0.717, 1.165) is 11.1 Å². The zero-order valence-electron chi connectivity index (χ0n) is 15.9. The molecule has 0 spiro atoms. The van der Waals surface area contributed by atoms with Crippen molar-refractivity contribution < 1.29 is 18.9 Å². The molecule has 0 saturated carbocycles. The summed E-state index contributed by atoms with van der Waals surface area (Å²) in [6.07, 6.45) is 1.64. The lowest BCUT2D eigenvalue weighted by Gasteiger charge is -2.11. The van der Waals surface area contributed by atoms with Crippen molar-refractivity contribution in [1.82, 2.24) is 9.97 Å². The van der Waals surface area contributed by atoms with Crippen LogP contribution in [0.3, 0.4) is 0 Å². The Balaban J connectivity index is 1.46. The zero-order chi connectivity index (χ0) is 21.1. The van der Waals surface area contributed by atoms with Crippen LogP contribution in [0.5, 0.6) is 5.75 Å². The number of rotatable bonds is 6. The number of carbonyl (C=O) groups is 1. The van der Waals surface area contributed by atoms with Crippen molar-refractivity contribution in [3.05, 3.63) is 76.5 Å². The van der Waals surface area contributed by atoms with Gasteiger partial charge >= 0.3 is 0 Å². The maximum Gasteiger partial charge on any atom is 0.269 e. The number of non-ortho nitro benzene ring substituents is 1. The number of hydrogen-bond donors (Lipinski definition) is 1. The molecule has 150 valence electrons. The van der Waals surface area contributed by atoms with Crippen molar-refractivity contribution >= 4 is 28.5 Å². The summed E-state index contributed by atoms with van der Waals surface area (Å²) in [5.41, 5.74) is 3.17. The lowest BCUT2D eigenvalue weighted by atomic mass is 10.1. The second-order valence-corrected chi connectivity index (χ2v) is 6.41. The summed E-state index contributed by atoms with van der Waals surface area (Å²) >= 11 is 0. The lowest BCUT2D eigenvalue weighted by Crippen LogP contribution is -2.20. The second-order valence-electron chi connectivity index (χ2n) is 6.41. The Morgan fingerprint density at radius 2 is 1.97 bits per heavy atom. The Hall–Kier alpha value is -4.27. The van der Waals surface area contributed by atoms with Gasteiger partial charge in [0.15, 0.2) is 17.8 Å². The zero-order valence-corrected chi connectivity index (χ0v) is 15.9. The maximum atomic E-state index is 12.3. The monoisotopic (exact) mass is 404 g/mol. The fourth-order valence-electron chi connectivity index (χ4n) is 2.89. The molecule has 0 fully saturated rings. The number of oxazole rings is 1. The largest absolute Gasteiger partial charge is 0.484 e. The molecule has 0 aliphatic rings. The third-order valence-electron chi connectivity index (χ3n) is 4.42. The van der Waals surface area contributed by atoms with Crippen molar-refractivity contribution in [3.63, 3.8) is 0 Å². The molecule has 0 radical (unpaired) electrons. The average Bonchev–Trinajstić information content (AvgIpc) is 3.18. The SMILES string of the molecule is Cc1c(NC(=O)COc2ccc([N+](=O)[O-])cc2)cccc1-c1nc2ncccc2o1. The molecule has 2 heterocycles. The number of hydrogen-bond acceptors (Lipinski definition) is 7. The van der Waals surface area contributed by atoms with E-state index in [2.05, 4.69) is 15.3 Å². The van der Waals surface area contributed by atoms with Gasteiger partial charge in [0.1, 0.15) is 5.75 Å². The normalized spacial score (nSPS) is 10.7. The van der Waals surface area contributed by atoms with E-state index in [1.807, 2.05) is 13.0 Å². The Bertz CT molecular complexity index is 1200. The third-order valence-corrected chi connectivity index (χ3v) is 4.42. The smallest absolute Gasteiger partial charge is 0.269 e. The number of nitrogens with one attached hydrogen (secondary N) is 1. The van der Waals surface area contributed by atoms with E-state index in [-0.39, 0.29) is 18.2 Å². The lowest BCUT2D eigenvalue weighted by molar-refractivity contribution is -0.384. The molecule has 9 nitrogen and oxygen atoms in total. The molecule has 2 aromatic heterocycles. The van der Waals surface area contributed by atoms with Gasteiger partial charge in [0.05, 0.1) is 4.92 Å². The van der Waals surface area contributed by atoms with Gasteiger partial charge < -0.3 is 14.5 Å². The van der Waals surface area contributed by atoms with Gasteiger partial charge in [-0.1, -0.05) is 6.07 Å². The van der Waals surface area contributed by atoms with Crippen molar-refractivity contribution in [2.75, 3.05) is 11.9 Å². The summed E-state index contributed by atoms with van der Waals surface area (Å²) in [6, 6.07) is 14.5. The molecule has 0 saturated heterocycles. The summed E-state index contributed by atoms with van der Waals surface area (Å²) in [7, 11) is 0. The number of nitro benzene ring substituents is 1. The minimum absolute atomic E-state index is 0.0476. The number of ether oxygens (including phenoxy) is 1. The second kappa shape index (κ2) is 8.00. The van der Waals surface area contributed by atoms with Crippen LogP contribution in [0.1, 0.15) is 5.56 Å². The summed E-state index contributed by atoms with van der Waals surface area (Å²) in [4.78, 5) is 31.1. The van der Waals surface area contributed by atoms with E-state index >= 15 is 0 Å². The van der Waals surface area contributed by atoms with Gasteiger partial charge in [-0.25, -0.2) is 4.98 Å². The van der Waals surface area contributed by atoms with Crippen LogP contribution in [0, 0.1) is 17.0 Å². The predicted octanol–water partition coefficient (Wildman–Crippen LogP) is 4.12. The number of carbonyl (C=O) groups excluding carboxylic acids is 1. The minimum Gasteiger partial charge on any atom is -0.484 e. The van der Waals surface area contributed by atoms with Crippen LogP contribution in [-0.2, 0) is 4.79 Å². The molecule has 4 rings (SSSR count). The van der Waals surface area contributed by atoms with Crippen molar-refractivity contribution in [2.45, 2.75) is 6.92 Å². The molecule has 1 N–H and O–H groups in total. The highest BCUT2D eigenvalue weighted by atomic mass is 16.6. The quantitative estimate of drug-likeness (QED) is 0.379. The van der Waals surface area contributed by atoms with E-state index in [1.54, 1.807) is 30.5 Å². The number of aromatic nitrogens is 2. The molecule has 0 aliphatic heterocycles. The molecule has 1 amide bonds. The van der Waals surface area contributed by atoms with Crippen molar-refractivity contribution in [2.24, 2.45) is 0 Å². The number of nitro groups is 1. The Kier molecular flexibility index (Phi) is 5.08. The van der Waals surface area contributed by atoms with E-state index in [0.29, 0.717) is 28.6 Å². The number of anilines is 1. The topological polar surface area (TPSA) is 120 Å². The predicted molar refractivity (Wildman–Crippen MR) is 109 cm³/mol. The van der Waals surface area contributed by atoms with Crippen LogP contribution in [0.25, 0.3) is 22.7 Å². The van der Waals surface area contributed by atoms with Crippen LogP contribution in [-0.4, -0.2) is 27.4 Å². The Morgan fingerprint density at radius 3 is 2.70 bits per heavy atom. The van der Waals surface area contributed by atoms with Gasteiger partial charge in [0.2, 0.25) is 5.89 Å². The first-order chi connectivity index (χ1) is 14.5. The summed E-state index contributed by atoms with van der Waals surface area (Å²) in [5.74, 6) is 0.410. The molecular weight excluding hydrogens is 388 g/mol. The summed E-state index contributed by atoms with van der Waals surface area (Å²) in [6.45, 7) is 1.61. The molecular formula is C21H16N4O5. The van der Waals surface area contributed by atoms with Gasteiger partial charge in [0.25, 0.3) is 11.6 Å². The molecule has 2 aromatic carbocycles. The van der Waals surface area contributed by atoms with E-state index in [4.69, 9.17) is 9.15 Å². The molecule has 0 unspecified atom stereocenters. The molecule has 0 aliphatic carbocycles. The number of fused-ring (bicyclic) bond motifs is 1. The first-order valence-electron chi connectivity index (χ1n) is 9.00. The molecule has 9 heteroatoms. The fourth-order valence-corrected chi connectivity index (χ4v) is 2.89. The molecule has 30 heavy (non-hydrogen) atoms. The van der Waals surface area contributed by atoms with Gasteiger partial charge in [-0.05, 0) is 48.9 Å². The van der Waals surface area contributed by atoms with Crippen molar-refractivity contribution in [1.29, 1.82) is 0 Å². The number of pyridine rings is 1. The summed E-state index contributed by atoms with van der Waals surface area (Å²) in [5, 5.41) is 13.5. The van der Waals surface area contributed by atoms with Crippen LogP contribution >= 0.6 is 0 Å². The van der Waals surface area contributed by atoms with Crippen LogP contribution in [0.15, 0.2) is 65.2 Å². The molecule has 4 aromatic rings. The van der Waals surface area contributed by atoms with Gasteiger partial charge in [0, 0.05) is 29.6 Å².